The van der Waals surface area contributed by atoms with Crippen LogP contribution in [0.3, 0.4) is 0 Å². The van der Waals surface area contributed by atoms with Crippen LogP contribution in [0.2, 0.25) is 0 Å². The lowest BCUT2D eigenvalue weighted by Crippen LogP contribution is -2.30. The minimum atomic E-state index is -3.00. The van der Waals surface area contributed by atoms with Gasteiger partial charge in [-0.05, 0) is 31.6 Å². The molecule has 78 valence electrons. The van der Waals surface area contributed by atoms with E-state index in [2.05, 4.69) is 20.7 Å². The van der Waals surface area contributed by atoms with E-state index in [4.69, 9.17) is 0 Å². The van der Waals surface area contributed by atoms with E-state index >= 15 is 0 Å². The molecule has 0 bridgehead atoms. The normalized spacial score (nSPS) is 30.3. The molecule has 5 heteroatoms. The number of alkyl halides is 1. The van der Waals surface area contributed by atoms with Crippen molar-refractivity contribution in [3.63, 3.8) is 0 Å². The Kier molecular flexibility index (Phi) is 4.19. The molecule has 1 N–H and O–H groups in total. The third-order valence-corrected chi connectivity index (χ3v) is 4.02. The highest BCUT2D eigenvalue weighted by molar-refractivity contribution is 9.09. The van der Waals surface area contributed by atoms with Crippen LogP contribution in [0.4, 0.5) is 0 Å². The lowest BCUT2D eigenvalue weighted by molar-refractivity contribution is 0.366. The summed E-state index contributed by atoms with van der Waals surface area (Å²) in [6, 6.07) is 0. The van der Waals surface area contributed by atoms with E-state index in [1.807, 2.05) is 0 Å². The van der Waals surface area contributed by atoms with Crippen LogP contribution in [-0.4, -0.2) is 26.0 Å². The second kappa shape index (κ2) is 4.75. The first-order chi connectivity index (χ1) is 5.97. The van der Waals surface area contributed by atoms with Crippen molar-refractivity contribution < 1.29 is 8.42 Å². The zero-order valence-electron chi connectivity index (χ0n) is 7.79. The largest absolute Gasteiger partial charge is 0.215 e. The minimum absolute atomic E-state index is 0.531. The summed E-state index contributed by atoms with van der Waals surface area (Å²) >= 11 is 3.57. The van der Waals surface area contributed by atoms with Crippen LogP contribution >= 0.6 is 15.9 Å². The van der Waals surface area contributed by atoms with Crippen LogP contribution in [0, 0.1) is 5.92 Å². The predicted molar refractivity (Wildman–Crippen MR) is 57.5 cm³/mol. The third-order valence-electron chi connectivity index (χ3n) is 2.41. The Bertz CT molecular complexity index is 245. The van der Waals surface area contributed by atoms with Crippen molar-refractivity contribution in [1.82, 2.24) is 4.72 Å². The van der Waals surface area contributed by atoms with Crippen molar-refractivity contribution in [3.05, 3.63) is 0 Å². The molecular formula is C8H16BrNO2S. The fraction of sp³-hybridized carbons (Fsp3) is 1.00. The molecule has 3 nitrogen and oxygen atoms in total. The third kappa shape index (κ3) is 4.98. The number of hydrogen-bond donors (Lipinski definition) is 1. The molecule has 1 rings (SSSR count). The second-order valence-electron chi connectivity index (χ2n) is 3.74. The number of nitrogens with one attached hydrogen (secondary N) is 1. The molecule has 0 unspecified atom stereocenters. The minimum Gasteiger partial charge on any atom is -0.215 e. The molecular weight excluding hydrogens is 254 g/mol. The molecule has 0 amide bonds. The lowest BCUT2D eigenvalue weighted by Gasteiger charge is -2.24. The monoisotopic (exact) mass is 269 g/mol. The van der Waals surface area contributed by atoms with Gasteiger partial charge in [0.15, 0.2) is 0 Å². The number of halogens is 1. The van der Waals surface area contributed by atoms with Crippen LogP contribution in [0.25, 0.3) is 0 Å². The highest BCUT2D eigenvalue weighted by Gasteiger charge is 2.19. The molecule has 13 heavy (non-hydrogen) atoms. The summed E-state index contributed by atoms with van der Waals surface area (Å²) in [5, 5.41) is 0. The summed E-state index contributed by atoms with van der Waals surface area (Å²) < 4.78 is 24.2. The zero-order chi connectivity index (χ0) is 9.90. The van der Waals surface area contributed by atoms with Crippen LogP contribution in [-0.2, 0) is 10.0 Å². The van der Waals surface area contributed by atoms with E-state index < -0.39 is 10.0 Å². The first-order valence-corrected chi connectivity index (χ1v) is 7.37. The van der Waals surface area contributed by atoms with Gasteiger partial charge in [0.05, 0.1) is 6.26 Å². The van der Waals surface area contributed by atoms with Gasteiger partial charge in [0.2, 0.25) is 10.0 Å². The summed E-state index contributed by atoms with van der Waals surface area (Å²) in [7, 11) is -3.00. The van der Waals surface area contributed by atoms with Gasteiger partial charge >= 0.3 is 0 Å². The molecule has 0 heterocycles. The Morgan fingerprint density at radius 3 is 2.31 bits per heavy atom. The van der Waals surface area contributed by atoms with Gasteiger partial charge in [-0.1, -0.05) is 15.9 Å². The summed E-state index contributed by atoms with van der Waals surface area (Å²) in [5.41, 5.74) is 0. The molecule has 0 atom stereocenters. The van der Waals surface area contributed by atoms with Gasteiger partial charge in [-0.2, -0.15) is 0 Å². The predicted octanol–water partition coefficient (Wildman–Crippen LogP) is 1.49. The SMILES string of the molecule is CS(=O)(=O)NCC1CCC(Br)CC1. The number of rotatable bonds is 3. The molecule has 1 aliphatic rings. The maximum atomic E-state index is 10.8. The molecule has 0 aromatic rings. The molecule has 0 aromatic carbocycles. The first-order valence-electron chi connectivity index (χ1n) is 4.56. The Morgan fingerprint density at radius 1 is 1.31 bits per heavy atom. The second-order valence-corrected chi connectivity index (χ2v) is 6.87. The van der Waals surface area contributed by atoms with Crippen molar-refractivity contribution in [2.75, 3.05) is 12.8 Å². The molecule has 1 aliphatic carbocycles. The Labute approximate surface area is 88.5 Å². The first kappa shape index (κ1) is 11.5. The van der Waals surface area contributed by atoms with E-state index in [-0.39, 0.29) is 0 Å². The van der Waals surface area contributed by atoms with Gasteiger partial charge in [0.25, 0.3) is 0 Å². The van der Waals surface area contributed by atoms with E-state index in [9.17, 15) is 8.42 Å². The Morgan fingerprint density at radius 2 is 1.85 bits per heavy atom. The number of sulfonamides is 1. The van der Waals surface area contributed by atoms with Crippen LogP contribution in [0.1, 0.15) is 25.7 Å². The summed E-state index contributed by atoms with van der Waals surface area (Å²) in [6.07, 6.45) is 5.78. The molecule has 1 fully saturated rings. The van der Waals surface area contributed by atoms with Crippen molar-refractivity contribution in [2.45, 2.75) is 30.5 Å². The molecule has 0 spiro atoms. The van der Waals surface area contributed by atoms with Crippen molar-refractivity contribution in [2.24, 2.45) is 5.92 Å². The fourth-order valence-corrected chi connectivity index (χ4v) is 2.66. The fourth-order valence-electron chi connectivity index (χ4n) is 1.60. The number of hydrogen-bond acceptors (Lipinski definition) is 2. The van der Waals surface area contributed by atoms with E-state index in [0.29, 0.717) is 17.3 Å². The van der Waals surface area contributed by atoms with Crippen molar-refractivity contribution in [3.8, 4) is 0 Å². The van der Waals surface area contributed by atoms with Gasteiger partial charge in [-0.15, -0.1) is 0 Å². The van der Waals surface area contributed by atoms with Gasteiger partial charge < -0.3 is 0 Å². The Balaban J connectivity index is 2.24. The van der Waals surface area contributed by atoms with Crippen LogP contribution < -0.4 is 4.72 Å². The standard InChI is InChI=1S/C8H16BrNO2S/c1-13(11,12)10-6-7-2-4-8(9)5-3-7/h7-8,10H,2-6H2,1H3. The van der Waals surface area contributed by atoms with Crippen molar-refractivity contribution >= 4 is 26.0 Å². The molecule has 0 aromatic heterocycles. The summed E-state index contributed by atoms with van der Waals surface area (Å²) in [4.78, 5) is 0.641. The van der Waals surface area contributed by atoms with Gasteiger partial charge in [-0.3, -0.25) is 0 Å². The molecule has 1 saturated carbocycles. The van der Waals surface area contributed by atoms with Crippen molar-refractivity contribution in [1.29, 1.82) is 0 Å². The zero-order valence-corrected chi connectivity index (χ0v) is 10.2. The summed E-state index contributed by atoms with van der Waals surface area (Å²) in [6.45, 7) is 0.610. The van der Waals surface area contributed by atoms with Gasteiger partial charge in [-0.25, -0.2) is 13.1 Å². The van der Waals surface area contributed by atoms with E-state index in [0.717, 1.165) is 25.7 Å². The van der Waals surface area contributed by atoms with Gasteiger partial charge in [0, 0.05) is 11.4 Å². The van der Waals surface area contributed by atoms with E-state index in [1.54, 1.807) is 0 Å². The highest BCUT2D eigenvalue weighted by atomic mass is 79.9. The Hall–Kier alpha value is 0.390. The smallest absolute Gasteiger partial charge is 0.208 e. The van der Waals surface area contributed by atoms with Crippen LogP contribution in [0.5, 0.6) is 0 Å². The van der Waals surface area contributed by atoms with E-state index in [1.165, 1.54) is 6.26 Å². The lowest BCUT2D eigenvalue weighted by atomic mass is 9.89. The molecule has 0 saturated heterocycles. The quantitative estimate of drug-likeness (QED) is 0.790. The summed E-state index contributed by atoms with van der Waals surface area (Å²) in [5.74, 6) is 0.531. The maximum absolute atomic E-state index is 10.8. The molecule has 0 radical (unpaired) electrons. The highest BCUT2D eigenvalue weighted by Crippen LogP contribution is 2.28. The average Bonchev–Trinajstić information content (AvgIpc) is 2.02. The maximum Gasteiger partial charge on any atom is 0.208 e. The molecule has 0 aliphatic heterocycles. The topological polar surface area (TPSA) is 46.2 Å². The van der Waals surface area contributed by atoms with Crippen LogP contribution in [0.15, 0.2) is 0 Å². The average molecular weight is 270 g/mol. The van der Waals surface area contributed by atoms with Gasteiger partial charge in [0.1, 0.15) is 0 Å².